The van der Waals surface area contributed by atoms with Crippen LogP contribution in [0.5, 0.6) is 0 Å². The molecule has 0 aliphatic heterocycles. The van der Waals surface area contributed by atoms with Gasteiger partial charge in [-0.05, 0) is 101 Å². The van der Waals surface area contributed by atoms with E-state index < -0.39 is 0 Å². The van der Waals surface area contributed by atoms with Crippen molar-refractivity contribution < 1.29 is 0 Å². The van der Waals surface area contributed by atoms with Crippen LogP contribution in [0.15, 0.2) is 146 Å². The first-order valence-electron chi connectivity index (χ1n) is 16.2. The van der Waals surface area contributed by atoms with Crippen molar-refractivity contribution in [1.82, 2.24) is 19.9 Å². The minimum atomic E-state index is 0.668. The lowest BCUT2D eigenvalue weighted by atomic mass is 9.87. The summed E-state index contributed by atoms with van der Waals surface area (Å²) >= 11 is 0. The van der Waals surface area contributed by atoms with Gasteiger partial charge in [0.2, 0.25) is 0 Å². The number of fused-ring (bicyclic) bond motifs is 5. The van der Waals surface area contributed by atoms with E-state index in [4.69, 9.17) is 9.97 Å². The second kappa shape index (κ2) is 9.50. The van der Waals surface area contributed by atoms with Gasteiger partial charge in [0.15, 0.2) is 5.82 Å². The number of aromatic nitrogens is 4. The number of hydrogen-bond acceptors (Lipinski definition) is 4. The van der Waals surface area contributed by atoms with Crippen LogP contribution in [0.4, 0.5) is 0 Å². The molecule has 0 radical (unpaired) electrons. The van der Waals surface area contributed by atoms with Crippen molar-refractivity contribution in [2.75, 3.05) is 0 Å². The summed E-state index contributed by atoms with van der Waals surface area (Å²) in [4.78, 5) is 19.2. The quantitative estimate of drug-likeness (QED) is 0.183. The molecule has 0 aliphatic rings. The van der Waals surface area contributed by atoms with E-state index >= 15 is 0 Å². The van der Waals surface area contributed by atoms with E-state index in [9.17, 15) is 0 Å². The first-order valence-corrected chi connectivity index (χ1v) is 16.2. The van der Waals surface area contributed by atoms with Crippen LogP contribution >= 0.6 is 0 Å². The normalized spacial score (nSPS) is 12.2. The highest BCUT2D eigenvalue weighted by Crippen LogP contribution is 2.44. The zero-order valence-corrected chi connectivity index (χ0v) is 25.6. The van der Waals surface area contributed by atoms with Gasteiger partial charge in [-0.3, -0.25) is 9.97 Å². The zero-order chi connectivity index (χ0) is 31.3. The van der Waals surface area contributed by atoms with E-state index in [1.807, 2.05) is 36.9 Å². The molecule has 0 N–H and O–H groups in total. The molecule has 0 atom stereocenters. The summed E-state index contributed by atoms with van der Waals surface area (Å²) in [5.74, 6) is 0.668. The maximum absolute atomic E-state index is 4.95. The van der Waals surface area contributed by atoms with Crippen molar-refractivity contribution >= 4 is 86.4 Å². The topological polar surface area (TPSA) is 51.6 Å². The van der Waals surface area contributed by atoms with Gasteiger partial charge in [0.25, 0.3) is 0 Å². The minimum absolute atomic E-state index is 0.668. The Morgan fingerprint density at radius 1 is 0.333 bits per heavy atom. The third kappa shape index (κ3) is 3.49. The molecule has 11 aromatic rings. The predicted molar refractivity (Wildman–Crippen MR) is 200 cm³/mol. The van der Waals surface area contributed by atoms with Gasteiger partial charge in [-0.15, -0.1) is 0 Å². The summed E-state index contributed by atoms with van der Waals surface area (Å²) in [6, 6.07) is 44.0. The van der Waals surface area contributed by atoms with Gasteiger partial charge in [-0.1, -0.05) is 91.0 Å². The van der Waals surface area contributed by atoms with Gasteiger partial charge in [0.1, 0.15) is 0 Å². The molecule has 3 aromatic heterocycles. The van der Waals surface area contributed by atoms with Crippen LogP contribution in [-0.4, -0.2) is 19.9 Å². The van der Waals surface area contributed by atoms with Gasteiger partial charge in [-0.25, -0.2) is 9.97 Å². The Labute approximate surface area is 274 Å². The summed E-state index contributed by atoms with van der Waals surface area (Å²) in [6.07, 6.45) is 7.53. The molecule has 0 bridgehead atoms. The molecule has 8 aromatic carbocycles. The molecule has 0 spiro atoms. The Morgan fingerprint density at radius 3 is 1.52 bits per heavy atom. The second-order valence-corrected chi connectivity index (χ2v) is 12.7. The van der Waals surface area contributed by atoms with Crippen molar-refractivity contribution in [2.24, 2.45) is 0 Å². The van der Waals surface area contributed by atoms with Crippen molar-refractivity contribution in [3.63, 3.8) is 0 Å². The van der Waals surface area contributed by atoms with Crippen LogP contribution in [0.25, 0.3) is 109 Å². The number of pyridine rings is 2. The maximum atomic E-state index is 4.95. The SMILES string of the molecule is c1cnc2c(c1)cc(-c1ncc(-c3cc4ccc5cccc6c7cccc8ccc9cccc(c(c3)c4c56)c9c87)cn1)c1cccnc12. The summed E-state index contributed by atoms with van der Waals surface area (Å²) < 4.78 is 0. The smallest absolute Gasteiger partial charge is 0.159 e. The lowest BCUT2D eigenvalue weighted by Gasteiger charge is -2.17. The molecule has 48 heavy (non-hydrogen) atoms. The lowest BCUT2D eigenvalue weighted by Crippen LogP contribution is -1.94. The molecular weight excluding hydrogens is 585 g/mol. The third-order valence-electron chi connectivity index (χ3n) is 10.1. The Balaban J connectivity index is 1.21. The van der Waals surface area contributed by atoms with Crippen molar-refractivity contribution in [2.45, 2.75) is 0 Å². The van der Waals surface area contributed by atoms with Crippen LogP contribution in [0.2, 0.25) is 0 Å². The highest BCUT2D eigenvalue weighted by Gasteiger charge is 2.17. The van der Waals surface area contributed by atoms with E-state index in [2.05, 4.69) is 119 Å². The van der Waals surface area contributed by atoms with Crippen LogP contribution in [0, 0.1) is 0 Å². The minimum Gasteiger partial charge on any atom is -0.254 e. The maximum Gasteiger partial charge on any atom is 0.159 e. The Bertz CT molecular complexity index is 3100. The molecule has 0 saturated carbocycles. The Hall–Kier alpha value is -6.52. The molecule has 0 fully saturated rings. The molecule has 0 aliphatic carbocycles. The number of rotatable bonds is 2. The summed E-state index contributed by atoms with van der Waals surface area (Å²) in [6.45, 7) is 0. The molecule has 0 amide bonds. The second-order valence-electron chi connectivity index (χ2n) is 12.7. The standard InChI is InChI=1S/C44H24N4/c1-6-25-14-15-26-8-3-12-34-36-22-30(20-28-17-16-27-7-2-11-33(39(27)41(28)36)32(10-1)38(25)40(26)34)31-23-47-44(48-24-31)37-21-29-9-4-18-45-42(29)43-35(37)13-5-19-46-43/h1-24H. The van der Waals surface area contributed by atoms with Gasteiger partial charge in [-0.2, -0.15) is 0 Å². The zero-order valence-electron chi connectivity index (χ0n) is 25.6. The van der Waals surface area contributed by atoms with Crippen LogP contribution in [0.1, 0.15) is 0 Å². The Kier molecular flexibility index (Phi) is 5.08. The van der Waals surface area contributed by atoms with Crippen molar-refractivity contribution in [3.8, 4) is 22.5 Å². The highest BCUT2D eigenvalue weighted by molar-refractivity contribution is 6.37. The number of hydrogen-bond donors (Lipinski definition) is 0. The average molecular weight is 609 g/mol. The van der Waals surface area contributed by atoms with Crippen molar-refractivity contribution in [1.29, 1.82) is 0 Å². The molecule has 4 heteroatoms. The van der Waals surface area contributed by atoms with E-state index in [1.54, 1.807) is 0 Å². The molecular formula is C44H24N4. The first-order chi connectivity index (χ1) is 23.8. The fourth-order valence-electron chi connectivity index (χ4n) is 8.03. The summed E-state index contributed by atoms with van der Waals surface area (Å²) in [7, 11) is 0. The number of benzene rings is 7. The molecule has 0 unspecified atom stereocenters. The fraction of sp³-hybridized carbons (Fsp3) is 0. The van der Waals surface area contributed by atoms with E-state index in [0.717, 1.165) is 38.5 Å². The van der Waals surface area contributed by atoms with E-state index in [0.29, 0.717) is 5.82 Å². The number of nitrogens with zero attached hydrogens (tertiary/aromatic N) is 4. The molecule has 220 valence electrons. The molecule has 4 nitrogen and oxygen atoms in total. The highest BCUT2D eigenvalue weighted by atomic mass is 14.9. The molecule has 3 heterocycles. The van der Waals surface area contributed by atoms with Crippen LogP contribution in [-0.2, 0) is 0 Å². The predicted octanol–water partition coefficient (Wildman–Crippen LogP) is 11.3. The third-order valence-corrected chi connectivity index (χ3v) is 10.1. The molecule has 11 rings (SSSR count). The fourth-order valence-corrected chi connectivity index (χ4v) is 8.03. The van der Waals surface area contributed by atoms with Gasteiger partial charge < -0.3 is 0 Å². The largest absolute Gasteiger partial charge is 0.254 e. The van der Waals surface area contributed by atoms with Gasteiger partial charge in [0.05, 0.1) is 11.0 Å². The summed E-state index contributed by atoms with van der Waals surface area (Å²) in [5, 5.41) is 17.2. The summed E-state index contributed by atoms with van der Waals surface area (Å²) in [5.41, 5.74) is 4.76. The van der Waals surface area contributed by atoms with Crippen LogP contribution < -0.4 is 0 Å². The lowest BCUT2D eigenvalue weighted by molar-refractivity contribution is 1.18. The van der Waals surface area contributed by atoms with E-state index in [-0.39, 0.29) is 0 Å². The van der Waals surface area contributed by atoms with Crippen LogP contribution in [0.3, 0.4) is 0 Å². The Morgan fingerprint density at radius 2 is 0.854 bits per heavy atom. The average Bonchev–Trinajstić information content (AvgIpc) is 3.15. The molecule has 0 saturated heterocycles. The van der Waals surface area contributed by atoms with E-state index in [1.165, 1.54) is 64.6 Å². The monoisotopic (exact) mass is 608 g/mol. The van der Waals surface area contributed by atoms with Gasteiger partial charge in [0, 0.05) is 46.7 Å². The first kappa shape index (κ1) is 25.6. The van der Waals surface area contributed by atoms with Crippen molar-refractivity contribution in [3.05, 3.63) is 146 Å². The van der Waals surface area contributed by atoms with Gasteiger partial charge >= 0.3 is 0 Å².